The van der Waals surface area contributed by atoms with Crippen LogP contribution in [0.15, 0.2) is 24.3 Å². The first kappa shape index (κ1) is 13.5. The number of amides is 1. The molecule has 1 atom stereocenters. The summed E-state index contributed by atoms with van der Waals surface area (Å²) in [7, 11) is 0. The molecule has 1 aromatic carbocycles. The van der Waals surface area contributed by atoms with E-state index in [0.717, 1.165) is 50.4 Å². The lowest BCUT2D eigenvalue weighted by molar-refractivity contribution is -0.137. The van der Waals surface area contributed by atoms with Crippen LogP contribution in [0, 0.1) is 5.41 Å². The number of halogens is 3. The molecule has 20 heavy (non-hydrogen) atoms. The Hall–Kier alpha value is -1.52. The summed E-state index contributed by atoms with van der Waals surface area (Å²) in [6.45, 7) is 1.51. The van der Waals surface area contributed by atoms with Crippen molar-refractivity contribution in [2.24, 2.45) is 5.41 Å². The third-order valence-electron chi connectivity index (χ3n) is 4.61. The lowest BCUT2D eigenvalue weighted by Crippen LogP contribution is -2.54. The second-order valence-electron chi connectivity index (χ2n) is 6.07. The molecule has 1 spiro atoms. The molecular formula is C15H16F3NO. The number of rotatable bonds is 2. The second-order valence-corrected chi connectivity index (χ2v) is 6.07. The maximum absolute atomic E-state index is 12.7. The van der Waals surface area contributed by atoms with Crippen molar-refractivity contribution in [2.75, 3.05) is 13.1 Å². The van der Waals surface area contributed by atoms with E-state index in [1.165, 1.54) is 12.1 Å². The number of carbonyl (C=O) groups excluding carboxylic acids is 1. The van der Waals surface area contributed by atoms with E-state index in [1.807, 2.05) is 0 Å². The lowest BCUT2D eigenvalue weighted by Gasteiger charge is -2.46. The molecule has 5 heteroatoms. The van der Waals surface area contributed by atoms with E-state index in [1.54, 1.807) is 11.0 Å². The molecule has 1 amide bonds. The van der Waals surface area contributed by atoms with E-state index in [0.29, 0.717) is 0 Å². The van der Waals surface area contributed by atoms with E-state index < -0.39 is 11.7 Å². The van der Waals surface area contributed by atoms with Gasteiger partial charge < -0.3 is 4.90 Å². The number of carbonyl (C=O) groups is 1. The fourth-order valence-electron chi connectivity index (χ4n) is 3.64. The fraction of sp³-hybridized carbons (Fsp3) is 0.533. The Balaban J connectivity index is 1.74. The van der Waals surface area contributed by atoms with Crippen LogP contribution in [0.4, 0.5) is 13.2 Å². The molecule has 3 rings (SSSR count). The van der Waals surface area contributed by atoms with Crippen molar-refractivity contribution in [3.05, 3.63) is 35.4 Å². The van der Waals surface area contributed by atoms with E-state index in [-0.39, 0.29) is 11.3 Å². The summed E-state index contributed by atoms with van der Waals surface area (Å²) in [6.07, 6.45) is -0.634. The molecule has 1 aliphatic carbocycles. The van der Waals surface area contributed by atoms with Crippen LogP contribution in [0.25, 0.3) is 0 Å². The highest BCUT2D eigenvalue weighted by Crippen LogP contribution is 2.51. The molecule has 0 bridgehead atoms. The zero-order valence-corrected chi connectivity index (χ0v) is 11.0. The molecule has 1 saturated heterocycles. The molecule has 0 aromatic heterocycles. The predicted octanol–water partition coefficient (Wildman–Crippen LogP) is 3.43. The minimum Gasteiger partial charge on any atom is -0.344 e. The van der Waals surface area contributed by atoms with E-state index in [9.17, 15) is 18.0 Å². The average molecular weight is 283 g/mol. The van der Waals surface area contributed by atoms with Crippen molar-refractivity contribution in [2.45, 2.75) is 31.4 Å². The summed E-state index contributed by atoms with van der Waals surface area (Å²) in [4.78, 5) is 12.4. The number of benzene rings is 1. The maximum atomic E-state index is 12.7. The first-order valence-corrected chi connectivity index (χ1v) is 6.78. The van der Waals surface area contributed by atoms with Crippen LogP contribution in [-0.4, -0.2) is 24.4 Å². The summed E-state index contributed by atoms with van der Waals surface area (Å²) in [6, 6.07) is 5.67. The predicted molar refractivity (Wildman–Crippen MR) is 68.1 cm³/mol. The first-order chi connectivity index (χ1) is 9.42. The molecule has 1 aliphatic heterocycles. The molecule has 0 N–H and O–H groups in total. The van der Waals surface area contributed by atoms with Gasteiger partial charge in [-0.1, -0.05) is 18.2 Å². The van der Waals surface area contributed by atoms with E-state index in [4.69, 9.17) is 0 Å². The van der Waals surface area contributed by atoms with Crippen molar-refractivity contribution in [1.29, 1.82) is 0 Å². The quantitative estimate of drug-likeness (QED) is 0.761. The Labute approximate surface area is 115 Å². The Bertz CT molecular complexity index is 520. The summed E-state index contributed by atoms with van der Waals surface area (Å²) in [5.74, 6) is 0.186. The fourth-order valence-corrected chi connectivity index (χ4v) is 3.64. The van der Waals surface area contributed by atoms with Gasteiger partial charge >= 0.3 is 6.18 Å². The molecule has 1 aromatic rings. The van der Waals surface area contributed by atoms with Gasteiger partial charge in [-0.05, 0) is 36.8 Å². The van der Waals surface area contributed by atoms with Gasteiger partial charge in [-0.15, -0.1) is 0 Å². The molecule has 2 nitrogen and oxygen atoms in total. The molecular weight excluding hydrogens is 267 g/mol. The summed E-state index contributed by atoms with van der Waals surface area (Å²) in [5, 5.41) is 0. The molecule has 108 valence electrons. The molecule has 1 unspecified atom stereocenters. The Morgan fingerprint density at radius 1 is 1.30 bits per heavy atom. The number of hydrogen-bond donors (Lipinski definition) is 0. The van der Waals surface area contributed by atoms with Crippen LogP contribution < -0.4 is 0 Å². The second kappa shape index (κ2) is 4.50. The van der Waals surface area contributed by atoms with Gasteiger partial charge in [0.1, 0.15) is 0 Å². The van der Waals surface area contributed by atoms with Gasteiger partial charge in [-0.25, -0.2) is 0 Å². The Morgan fingerprint density at radius 3 is 2.70 bits per heavy atom. The number of nitrogens with zero attached hydrogens (tertiary/aromatic N) is 1. The largest absolute Gasteiger partial charge is 0.416 e. The van der Waals surface area contributed by atoms with Gasteiger partial charge in [-0.2, -0.15) is 13.2 Å². The van der Waals surface area contributed by atoms with Gasteiger partial charge in [0.05, 0.1) is 5.56 Å². The third-order valence-corrected chi connectivity index (χ3v) is 4.61. The topological polar surface area (TPSA) is 20.3 Å². The first-order valence-electron chi connectivity index (χ1n) is 6.78. The Kier molecular flexibility index (Phi) is 3.03. The number of alkyl halides is 3. The highest BCUT2D eigenvalue weighted by molar-refractivity contribution is 5.49. The van der Waals surface area contributed by atoms with Crippen molar-refractivity contribution in [3.63, 3.8) is 0 Å². The van der Waals surface area contributed by atoms with Gasteiger partial charge in [0.25, 0.3) is 0 Å². The van der Waals surface area contributed by atoms with Crippen molar-refractivity contribution >= 4 is 6.41 Å². The highest BCUT2D eigenvalue weighted by atomic mass is 19.4. The lowest BCUT2D eigenvalue weighted by atomic mass is 9.77. The average Bonchev–Trinajstić information content (AvgIpc) is 2.81. The SMILES string of the molecule is O=CN1CC2(CCC(c3cccc(C(F)(F)F)c3)C2)C1. The van der Waals surface area contributed by atoms with Crippen molar-refractivity contribution in [1.82, 2.24) is 4.90 Å². The standard InChI is InChI=1S/C15H16F3NO/c16-15(17,18)13-3-1-2-11(6-13)12-4-5-14(7-12)8-19(9-14)10-20/h1-3,6,10,12H,4-5,7-9H2. The van der Waals surface area contributed by atoms with Gasteiger partial charge in [-0.3, -0.25) is 4.79 Å². The smallest absolute Gasteiger partial charge is 0.344 e. The van der Waals surface area contributed by atoms with Crippen molar-refractivity contribution in [3.8, 4) is 0 Å². The summed E-state index contributed by atoms with van der Waals surface area (Å²) in [5.41, 5.74) is 0.361. The van der Waals surface area contributed by atoms with E-state index in [2.05, 4.69) is 0 Å². The van der Waals surface area contributed by atoms with Crippen LogP contribution in [0.1, 0.15) is 36.3 Å². The van der Waals surface area contributed by atoms with Crippen LogP contribution in [0.2, 0.25) is 0 Å². The monoisotopic (exact) mass is 283 g/mol. The minimum atomic E-state index is -4.28. The molecule has 2 fully saturated rings. The summed E-state index contributed by atoms with van der Waals surface area (Å²) >= 11 is 0. The van der Waals surface area contributed by atoms with Gasteiger partial charge in [0.2, 0.25) is 6.41 Å². The van der Waals surface area contributed by atoms with Gasteiger partial charge in [0.15, 0.2) is 0 Å². The Morgan fingerprint density at radius 2 is 2.05 bits per heavy atom. The van der Waals surface area contributed by atoms with Crippen LogP contribution in [0.5, 0.6) is 0 Å². The minimum absolute atomic E-state index is 0.153. The summed E-state index contributed by atoms with van der Waals surface area (Å²) < 4.78 is 38.2. The molecule has 0 radical (unpaired) electrons. The molecule has 2 aliphatic rings. The zero-order valence-electron chi connectivity index (χ0n) is 11.0. The van der Waals surface area contributed by atoms with Crippen molar-refractivity contribution < 1.29 is 18.0 Å². The highest BCUT2D eigenvalue weighted by Gasteiger charge is 2.48. The molecule has 1 saturated carbocycles. The van der Waals surface area contributed by atoms with Crippen LogP contribution >= 0.6 is 0 Å². The number of hydrogen-bond acceptors (Lipinski definition) is 1. The normalized spacial score (nSPS) is 24.8. The maximum Gasteiger partial charge on any atom is 0.416 e. The van der Waals surface area contributed by atoms with Crippen LogP contribution in [-0.2, 0) is 11.0 Å². The molecule has 1 heterocycles. The van der Waals surface area contributed by atoms with Crippen LogP contribution in [0.3, 0.4) is 0 Å². The third kappa shape index (κ3) is 2.30. The zero-order chi connectivity index (χ0) is 14.4. The van der Waals surface area contributed by atoms with E-state index >= 15 is 0 Å². The number of likely N-dealkylation sites (tertiary alicyclic amines) is 1. The van der Waals surface area contributed by atoms with Gasteiger partial charge in [0, 0.05) is 18.5 Å².